The standard InChI is InChI=1S/C12H19NO/c1-12(14,8-9-13-2)10-11-6-4-3-5-7-11/h3-7,13-14H,8-10H2,1-2H3. The first-order valence-corrected chi connectivity index (χ1v) is 5.05. The van der Waals surface area contributed by atoms with Crippen molar-refractivity contribution in [3.05, 3.63) is 35.9 Å². The van der Waals surface area contributed by atoms with Crippen molar-refractivity contribution in [1.29, 1.82) is 0 Å². The lowest BCUT2D eigenvalue weighted by molar-refractivity contribution is 0.0520. The molecule has 1 aromatic carbocycles. The third-order valence-electron chi connectivity index (χ3n) is 2.34. The van der Waals surface area contributed by atoms with E-state index in [1.54, 1.807) is 0 Å². The van der Waals surface area contributed by atoms with Crippen LogP contribution in [0.5, 0.6) is 0 Å². The van der Waals surface area contributed by atoms with Gasteiger partial charge in [0.2, 0.25) is 0 Å². The summed E-state index contributed by atoms with van der Waals surface area (Å²) < 4.78 is 0. The lowest BCUT2D eigenvalue weighted by atomic mass is 9.93. The van der Waals surface area contributed by atoms with Crippen LogP contribution < -0.4 is 5.32 Å². The van der Waals surface area contributed by atoms with Gasteiger partial charge in [-0.25, -0.2) is 0 Å². The summed E-state index contributed by atoms with van der Waals surface area (Å²) in [6.45, 7) is 2.73. The van der Waals surface area contributed by atoms with Gasteiger partial charge in [-0.3, -0.25) is 0 Å². The molecule has 2 nitrogen and oxygen atoms in total. The predicted octanol–water partition coefficient (Wildman–Crippen LogP) is 1.59. The third kappa shape index (κ3) is 3.90. The molecule has 0 radical (unpaired) electrons. The minimum Gasteiger partial charge on any atom is -0.390 e. The highest BCUT2D eigenvalue weighted by molar-refractivity contribution is 5.16. The highest BCUT2D eigenvalue weighted by Crippen LogP contribution is 2.15. The Labute approximate surface area is 86.0 Å². The lowest BCUT2D eigenvalue weighted by Gasteiger charge is -2.23. The van der Waals surface area contributed by atoms with Gasteiger partial charge in [0, 0.05) is 6.42 Å². The fourth-order valence-electron chi connectivity index (χ4n) is 1.52. The summed E-state index contributed by atoms with van der Waals surface area (Å²) in [6.07, 6.45) is 1.49. The molecule has 0 aromatic heterocycles. The second kappa shape index (κ2) is 5.13. The Morgan fingerprint density at radius 2 is 1.93 bits per heavy atom. The Hall–Kier alpha value is -0.860. The number of aliphatic hydroxyl groups is 1. The molecule has 0 bridgehead atoms. The molecule has 78 valence electrons. The Morgan fingerprint density at radius 3 is 2.50 bits per heavy atom. The van der Waals surface area contributed by atoms with Crippen LogP contribution in [0.25, 0.3) is 0 Å². The van der Waals surface area contributed by atoms with Crippen LogP contribution >= 0.6 is 0 Å². The van der Waals surface area contributed by atoms with Crippen LogP contribution in [0.4, 0.5) is 0 Å². The lowest BCUT2D eigenvalue weighted by Crippen LogP contribution is -2.31. The van der Waals surface area contributed by atoms with Crippen LogP contribution in [0, 0.1) is 0 Å². The molecule has 0 saturated carbocycles. The van der Waals surface area contributed by atoms with E-state index in [0.717, 1.165) is 19.4 Å². The Morgan fingerprint density at radius 1 is 1.29 bits per heavy atom. The van der Waals surface area contributed by atoms with Crippen molar-refractivity contribution in [3.8, 4) is 0 Å². The molecule has 0 aliphatic carbocycles. The van der Waals surface area contributed by atoms with Gasteiger partial charge in [0.25, 0.3) is 0 Å². The first-order chi connectivity index (χ1) is 6.64. The molecule has 0 heterocycles. The average Bonchev–Trinajstić information content (AvgIpc) is 2.16. The van der Waals surface area contributed by atoms with Gasteiger partial charge >= 0.3 is 0 Å². The maximum atomic E-state index is 10.1. The van der Waals surface area contributed by atoms with E-state index in [-0.39, 0.29) is 0 Å². The molecule has 1 atom stereocenters. The van der Waals surface area contributed by atoms with E-state index >= 15 is 0 Å². The molecule has 0 fully saturated rings. The van der Waals surface area contributed by atoms with Crippen LogP contribution in [-0.4, -0.2) is 24.3 Å². The maximum Gasteiger partial charge on any atom is 0.0672 e. The van der Waals surface area contributed by atoms with E-state index < -0.39 is 5.60 Å². The number of rotatable bonds is 5. The second-order valence-electron chi connectivity index (χ2n) is 4.01. The van der Waals surface area contributed by atoms with Gasteiger partial charge in [0.05, 0.1) is 5.60 Å². The van der Waals surface area contributed by atoms with Gasteiger partial charge in [-0.2, -0.15) is 0 Å². The number of hydrogen-bond donors (Lipinski definition) is 2. The third-order valence-corrected chi connectivity index (χ3v) is 2.34. The molecule has 0 saturated heterocycles. The molecule has 14 heavy (non-hydrogen) atoms. The van der Waals surface area contributed by atoms with Crippen molar-refractivity contribution >= 4 is 0 Å². The molecule has 1 aromatic rings. The van der Waals surface area contributed by atoms with E-state index in [2.05, 4.69) is 5.32 Å². The summed E-state index contributed by atoms with van der Waals surface area (Å²) in [5.41, 5.74) is 0.582. The molecule has 0 aliphatic rings. The molecule has 2 N–H and O–H groups in total. The SMILES string of the molecule is CNCCC(C)(O)Cc1ccccc1. The minimum atomic E-state index is -0.607. The van der Waals surface area contributed by atoms with Crippen molar-refractivity contribution < 1.29 is 5.11 Å². The quantitative estimate of drug-likeness (QED) is 0.744. The van der Waals surface area contributed by atoms with Gasteiger partial charge in [0.15, 0.2) is 0 Å². The molecule has 1 unspecified atom stereocenters. The molecule has 0 amide bonds. The van der Waals surface area contributed by atoms with E-state index in [1.165, 1.54) is 5.56 Å². The average molecular weight is 193 g/mol. The summed E-state index contributed by atoms with van der Waals surface area (Å²) in [5.74, 6) is 0. The van der Waals surface area contributed by atoms with Gasteiger partial charge in [0.1, 0.15) is 0 Å². The highest BCUT2D eigenvalue weighted by Gasteiger charge is 2.19. The number of nitrogens with one attached hydrogen (secondary N) is 1. The normalized spacial score (nSPS) is 15.1. The number of benzene rings is 1. The van der Waals surface area contributed by atoms with E-state index in [1.807, 2.05) is 44.3 Å². The zero-order chi connectivity index (χ0) is 10.4. The van der Waals surface area contributed by atoms with E-state index in [0.29, 0.717) is 0 Å². The van der Waals surface area contributed by atoms with Gasteiger partial charge < -0.3 is 10.4 Å². The summed E-state index contributed by atoms with van der Waals surface area (Å²) in [7, 11) is 1.90. The highest BCUT2D eigenvalue weighted by atomic mass is 16.3. The fraction of sp³-hybridized carbons (Fsp3) is 0.500. The van der Waals surface area contributed by atoms with Gasteiger partial charge in [-0.05, 0) is 32.5 Å². The topological polar surface area (TPSA) is 32.3 Å². The smallest absolute Gasteiger partial charge is 0.0672 e. The van der Waals surface area contributed by atoms with Crippen LogP contribution in [0.3, 0.4) is 0 Å². The van der Waals surface area contributed by atoms with Crippen molar-refractivity contribution in [2.75, 3.05) is 13.6 Å². The molecular formula is C12H19NO. The van der Waals surface area contributed by atoms with Crippen molar-refractivity contribution in [2.45, 2.75) is 25.4 Å². The van der Waals surface area contributed by atoms with Crippen LogP contribution in [0.15, 0.2) is 30.3 Å². The monoisotopic (exact) mass is 193 g/mol. The molecule has 0 aliphatic heterocycles. The summed E-state index contributed by atoms with van der Waals surface area (Å²) in [4.78, 5) is 0. The zero-order valence-corrected chi connectivity index (χ0v) is 8.96. The van der Waals surface area contributed by atoms with Crippen LogP contribution in [0.2, 0.25) is 0 Å². The Bertz CT molecular complexity index is 256. The largest absolute Gasteiger partial charge is 0.390 e. The van der Waals surface area contributed by atoms with E-state index in [9.17, 15) is 5.11 Å². The predicted molar refractivity (Wildman–Crippen MR) is 59.3 cm³/mol. The Kier molecular flexibility index (Phi) is 4.11. The van der Waals surface area contributed by atoms with Crippen molar-refractivity contribution in [1.82, 2.24) is 5.32 Å². The van der Waals surface area contributed by atoms with Crippen molar-refractivity contribution in [2.24, 2.45) is 0 Å². The molecule has 2 heteroatoms. The maximum absolute atomic E-state index is 10.1. The van der Waals surface area contributed by atoms with Gasteiger partial charge in [-0.15, -0.1) is 0 Å². The molecular weight excluding hydrogens is 174 g/mol. The summed E-state index contributed by atoms with van der Waals surface area (Å²) >= 11 is 0. The fourth-order valence-corrected chi connectivity index (χ4v) is 1.52. The first kappa shape index (κ1) is 11.2. The van der Waals surface area contributed by atoms with Gasteiger partial charge in [-0.1, -0.05) is 30.3 Å². The van der Waals surface area contributed by atoms with Crippen molar-refractivity contribution in [3.63, 3.8) is 0 Å². The first-order valence-electron chi connectivity index (χ1n) is 5.05. The molecule has 0 spiro atoms. The molecule has 1 rings (SSSR count). The second-order valence-corrected chi connectivity index (χ2v) is 4.01. The summed E-state index contributed by atoms with van der Waals surface area (Å²) in [6, 6.07) is 10.1. The minimum absolute atomic E-state index is 0.607. The van der Waals surface area contributed by atoms with Crippen LogP contribution in [-0.2, 0) is 6.42 Å². The number of hydrogen-bond acceptors (Lipinski definition) is 2. The summed E-state index contributed by atoms with van der Waals surface area (Å²) in [5, 5.41) is 13.1. The van der Waals surface area contributed by atoms with E-state index in [4.69, 9.17) is 0 Å². The zero-order valence-electron chi connectivity index (χ0n) is 8.96. The Balaban J connectivity index is 2.50. The van der Waals surface area contributed by atoms with Crippen LogP contribution in [0.1, 0.15) is 18.9 Å².